The van der Waals surface area contributed by atoms with E-state index in [9.17, 15) is 8.42 Å². The topological polar surface area (TPSA) is 62.3 Å². The average Bonchev–Trinajstić information content (AvgIpc) is 2.53. The highest BCUT2D eigenvalue weighted by Gasteiger charge is 2.34. The molecule has 0 aromatic carbocycles. The zero-order valence-electron chi connectivity index (χ0n) is 12.8. The highest BCUT2D eigenvalue weighted by atomic mass is 32.2. The molecule has 1 aromatic heterocycles. The Bertz CT molecular complexity index is 529. The number of nitrogens with zero attached hydrogens (tertiary/aromatic N) is 2. The summed E-state index contributed by atoms with van der Waals surface area (Å²) in [5, 5.41) is 3.28. The van der Waals surface area contributed by atoms with Crippen LogP contribution >= 0.6 is 0 Å². The Morgan fingerprint density at radius 2 is 2.19 bits per heavy atom. The molecule has 1 unspecified atom stereocenters. The fraction of sp³-hybridized carbons (Fsp3) is 0.667. The van der Waals surface area contributed by atoms with Gasteiger partial charge < -0.3 is 5.32 Å². The van der Waals surface area contributed by atoms with E-state index in [0.717, 1.165) is 18.4 Å². The maximum Gasteiger partial charge on any atom is 0.215 e. The molecule has 1 saturated heterocycles. The molecule has 2 heterocycles. The van der Waals surface area contributed by atoms with E-state index >= 15 is 0 Å². The van der Waals surface area contributed by atoms with E-state index in [1.807, 2.05) is 12.1 Å². The summed E-state index contributed by atoms with van der Waals surface area (Å²) in [7, 11) is -3.24. The number of piperazine rings is 1. The van der Waals surface area contributed by atoms with Crippen molar-refractivity contribution in [3.05, 3.63) is 30.1 Å². The van der Waals surface area contributed by atoms with Crippen molar-refractivity contribution in [1.82, 2.24) is 14.6 Å². The molecule has 6 heteroatoms. The van der Waals surface area contributed by atoms with Crippen LogP contribution in [0.15, 0.2) is 24.5 Å². The fourth-order valence-corrected chi connectivity index (χ4v) is 5.01. The molecule has 118 valence electrons. The second-order valence-electron chi connectivity index (χ2n) is 5.58. The second kappa shape index (κ2) is 7.33. The molecular weight excluding hydrogens is 286 g/mol. The van der Waals surface area contributed by atoms with E-state index in [-0.39, 0.29) is 17.7 Å². The molecule has 1 aliphatic rings. The Morgan fingerprint density at radius 1 is 1.43 bits per heavy atom. The molecule has 1 aliphatic heterocycles. The van der Waals surface area contributed by atoms with Crippen molar-refractivity contribution in [2.45, 2.75) is 32.7 Å². The van der Waals surface area contributed by atoms with Crippen molar-refractivity contribution in [3.8, 4) is 0 Å². The van der Waals surface area contributed by atoms with Crippen LogP contribution in [0.2, 0.25) is 0 Å². The molecule has 0 bridgehead atoms. The van der Waals surface area contributed by atoms with Crippen LogP contribution in [0.4, 0.5) is 0 Å². The third-order valence-electron chi connectivity index (χ3n) is 4.22. The summed E-state index contributed by atoms with van der Waals surface area (Å²) >= 11 is 0. The number of aromatic nitrogens is 1. The largest absolute Gasteiger partial charge is 0.313 e. The lowest BCUT2D eigenvalue weighted by Crippen LogP contribution is -2.49. The zero-order valence-corrected chi connectivity index (χ0v) is 13.6. The van der Waals surface area contributed by atoms with Crippen LogP contribution in [0.1, 0.15) is 38.3 Å². The predicted octanol–water partition coefficient (Wildman–Crippen LogP) is 1.79. The number of nitrogens with one attached hydrogen (secondary N) is 1. The van der Waals surface area contributed by atoms with Gasteiger partial charge >= 0.3 is 0 Å². The van der Waals surface area contributed by atoms with E-state index in [0.29, 0.717) is 19.6 Å². The predicted molar refractivity (Wildman–Crippen MR) is 84.4 cm³/mol. The van der Waals surface area contributed by atoms with Gasteiger partial charge in [0.1, 0.15) is 0 Å². The van der Waals surface area contributed by atoms with Crippen molar-refractivity contribution >= 4 is 10.0 Å². The fourth-order valence-electron chi connectivity index (χ4n) is 2.79. The Morgan fingerprint density at radius 3 is 2.81 bits per heavy atom. The molecule has 2 rings (SSSR count). The first-order valence-electron chi connectivity index (χ1n) is 7.68. The Balaban J connectivity index is 2.22. The van der Waals surface area contributed by atoms with E-state index in [4.69, 9.17) is 0 Å². The Labute approximate surface area is 127 Å². The van der Waals surface area contributed by atoms with Gasteiger partial charge in [0.2, 0.25) is 10.0 Å². The summed E-state index contributed by atoms with van der Waals surface area (Å²) in [6.45, 7) is 5.99. The summed E-state index contributed by atoms with van der Waals surface area (Å²) in [5.41, 5.74) is 0.956. The van der Waals surface area contributed by atoms with Crippen LogP contribution in [0.3, 0.4) is 0 Å². The van der Waals surface area contributed by atoms with E-state index < -0.39 is 10.0 Å². The van der Waals surface area contributed by atoms with Crippen LogP contribution in [0, 0.1) is 5.92 Å². The van der Waals surface area contributed by atoms with Crippen LogP contribution in [0.25, 0.3) is 0 Å². The molecule has 1 N–H and O–H groups in total. The first-order chi connectivity index (χ1) is 10.1. The molecule has 1 atom stereocenters. The van der Waals surface area contributed by atoms with Crippen molar-refractivity contribution in [2.75, 3.05) is 25.4 Å². The first kappa shape index (κ1) is 16.4. The average molecular weight is 311 g/mol. The number of sulfonamides is 1. The van der Waals surface area contributed by atoms with Crippen molar-refractivity contribution in [1.29, 1.82) is 0 Å². The number of hydrogen-bond donors (Lipinski definition) is 1. The van der Waals surface area contributed by atoms with Gasteiger partial charge in [0.15, 0.2) is 0 Å². The minimum Gasteiger partial charge on any atom is -0.313 e. The van der Waals surface area contributed by atoms with Crippen LogP contribution < -0.4 is 5.32 Å². The molecule has 0 spiro atoms. The summed E-state index contributed by atoms with van der Waals surface area (Å²) in [5.74, 6) is 0.482. The molecule has 1 fully saturated rings. The second-order valence-corrected chi connectivity index (χ2v) is 7.54. The van der Waals surface area contributed by atoms with Gasteiger partial charge in [-0.05, 0) is 17.5 Å². The SMILES string of the molecule is CCC(CC)CS(=O)(=O)N1CCNCC1c1cccnc1. The van der Waals surface area contributed by atoms with Crippen LogP contribution in [0.5, 0.6) is 0 Å². The third kappa shape index (κ3) is 4.02. The van der Waals surface area contributed by atoms with Gasteiger partial charge in [0.25, 0.3) is 0 Å². The van der Waals surface area contributed by atoms with Gasteiger partial charge in [0.05, 0.1) is 11.8 Å². The van der Waals surface area contributed by atoms with Crippen molar-refractivity contribution in [3.63, 3.8) is 0 Å². The standard InChI is InChI=1S/C15H25N3O2S/c1-3-13(4-2)12-21(19,20)18-9-8-17-11-15(18)14-6-5-7-16-10-14/h5-7,10,13,15,17H,3-4,8-9,11-12H2,1-2H3. The molecule has 0 amide bonds. The lowest BCUT2D eigenvalue weighted by molar-refractivity contribution is 0.269. The minimum atomic E-state index is -3.24. The quantitative estimate of drug-likeness (QED) is 0.870. The lowest BCUT2D eigenvalue weighted by Gasteiger charge is -2.36. The maximum atomic E-state index is 12.8. The van der Waals surface area contributed by atoms with Crippen molar-refractivity contribution in [2.24, 2.45) is 5.92 Å². The number of hydrogen-bond acceptors (Lipinski definition) is 4. The van der Waals surface area contributed by atoms with Crippen molar-refractivity contribution < 1.29 is 8.42 Å². The van der Waals surface area contributed by atoms with E-state index in [1.54, 1.807) is 16.7 Å². The van der Waals surface area contributed by atoms with Crippen LogP contribution in [-0.4, -0.2) is 43.1 Å². The summed E-state index contributed by atoms with van der Waals surface area (Å²) < 4.78 is 27.2. The normalized spacial score (nSPS) is 20.8. The summed E-state index contributed by atoms with van der Waals surface area (Å²) in [6, 6.07) is 3.66. The van der Waals surface area contributed by atoms with E-state index in [1.165, 1.54) is 0 Å². The molecule has 1 aromatic rings. The number of pyridine rings is 1. The van der Waals surface area contributed by atoms with Gasteiger partial charge in [-0.25, -0.2) is 8.42 Å². The first-order valence-corrected chi connectivity index (χ1v) is 9.29. The molecule has 21 heavy (non-hydrogen) atoms. The smallest absolute Gasteiger partial charge is 0.215 e. The molecule has 5 nitrogen and oxygen atoms in total. The Hall–Kier alpha value is -0.980. The number of rotatable bonds is 6. The van der Waals surface area contributed by atoms with Gasteiger partial charge in [-0.2, -0.15) is 4.31 Å². The van der Waals surface area contributed by atoms with E-state index in [2.05, 4.69) is 24.1 Å². The third-order valence-corrected chi connectivity index (χ3v) is 6.27. The van der Waals surface area contributed by atoms with Gasteiger partial charge in [-0.15, -0.1) is 0 Å². The minimum absolute atomic E-state index is 0.146. The molecule has 0 aliphatic carbocycles. The van der Waals surface area contributed by atoms with Gasteiger partial charge in [0, 0.05) is 32.0 Å². The van der Waals surface area contributed by atoms with Gasteiger partial charge in [-0.3, -0.25) is 4.98 Å². The molecule has 0 saturated carbocycles. The molecule has 0 radical (unpaired) electrons. The highest BCUT2D eigenvalue weighted by molar-refractivity contribution is 7.89. The monoisotopic (exact) mass is 311 g/mol. The lowest BCUT2D eigenvalue weighted by atomic mass is 10.1. The summed E-state index contributed by atoms with van der Waals surface area (Å²) in [4.78, 5) is 4.12. The van der Waals surface area contributed by atoms with Gasteiger partial charge in [-0.1, -0.05) is 32.8 Å². The van der Waals surface area contributed by atoms with Crippen LogP contribution in [-0.2, 0) is 10.0 Å². The summed E-state index contributed by atoms with van der Waals surface area (Å²) in [6.07, 6.45) is 5.28. The molecular formula is C15H25N3O2S. The maximum absolute atomic E-state index is 12.8. The highest BCUT2D eigenvalue weighted by Crippen LogP contribution is 2.26. The zero-order chi connectivity index (χ0) is 15.3. The Kier molecular flexibility index (Phi) is 5.72.